The molecule has 4 nitrogen and oxygen atoms in total. The highest BCUT2D eigenvalue weighted by Crippen LogP contribution is 2.41. The van der Waals surface area contributed by atoms with E-state index in [0.29, 0.717) is 12.5 Å². The topological polar surface area (TPSA) is 42.7 Å². The summed E-state index contributed by atoms with van der Waals surface area (Å²) in [5.41, 5.74) is 1.14. The van der Waals surface area contributed by atoms with Crippen molar-refractivity contribution in [2.24, 2.45) is 13.0 Å². The van der Waals surface area contributed by atoms with E-state index in [0.717, 1.165) is 11.4 Å². The lowest BCUT2D eigenvalue weighted by Crippen LogP contribution is -2.23. The Balaban J connectivity index is 1.69. The lowest BCUT2D eigenvalue weighted by molar-refractivity contribution is 0.470. The van der Waals surface area contributed by atoms with Gasteiger partial charge in [0.05, 0.1) is 6.54 Å². The molecule has 19 heavy (non-hydrogen) atoms. The molecule has 1 aliphatic rings. The average Bonchev–Trinajstić information content (AvgIpc) is 3.15. The van der Waals surface area contributed by atoms with Crippen LogP contribution in [0.1, 0.15) is 30.3 Å². The van der Waals surface area contributed by atoms with Crippen LogP contribution in [0.2, 0.25) is 0 Å². The summed E-state index contributed by atoms with van der Waals surface area (Å²) in [7, 11) is 1.86. The molecule has 1 fully saturated rings. The number of halogens is 1. The zero-order chi connectivity index (χ0) is 13.2. The number of rotatable bonds is 5. The number of aromatic nitrogens is 3. The van der Waals surface area contributed by atoms with Gasteiger partial charge in [-0.05, 0) is 36.5 Å². The van der Waals surface area contributed by atoms with Gasteiger partial charge in [-0.15, -0.1) is 0 Å². The van der Waals surface area contributed by atoms with Crippen molar-refractivity contribution < 1.29 is 4.39 Å². The molecule has 1 heterocycles. The van der Waals surface area contributed by atoms with Crippen molar-refractivity contribution in [1.82, 2.24) is 20.1 Å². The summed E-state index contributed by atoms with van der Waals surface area (Å²) < 4.78 is 14.7. The number of aryl methyl sites for hydroxylation is 1. The van der Waals surface area contributed by atoms with Gasteiger partial charge >= 0.3 is 0 Å². The van der Waals surface area contributed by atoms with Gasteiger partial charge in [0.1, 0.15) is 12.1 Å². The maximum Gasteiger partial charge on any atom is 0.164 e. The van der Waals surface area contributed by atoms with E-state index >= 15 is 0 Å². The van der Waals surface area contributed by atoms with Crippen LogP contribution in [0.4, 0.5) is 4.39 Å². The SMILES string of the molecule is Cn1cnc(CNC(c2ccc(F)cc2)C2CC2)n1. The predicted molar refractivity (Wildman–Crippen MR) is 69.7 cm³/mol. The summed E-state index contributed by atoms with van der Waals surface area (Å²) in [6.45, 7) is 0.638. The Kier molecular flexibility index (Phi) is 3.29. The molecule has 1 unspecified atom stereocenters. The van der Waals surface area contributed by atoms with Crippen molar-refractivity contribution in [3.05, 3.63) is 47.8 Å². The van der Waals surface area contributed by atoms with E-state index in [1.165, 1.54) is 25.0 Å². The molecule has 0 bridgehead atoms. The molecule has 5 heteroatoms. The fraction of sp³-hybridized carbons (Fsp3) is 0.429. The van der Waals surface area contributed by atoms with Crippen LogP contribution in [0.15, 0.2) is 30.6 Å². The van der Waals surface area contributed by atoms with E-state index < -0.39 is 0 Å². The number of hydrogen-bond acceptors (Lipinski definition) is 3. The predicted octanol–water partition coefficient (Wildman–Crippen LogP) is 2.20. The Hall–Kier alpha value is -1.75. The van der Waals surface area contributed by atoms with Crippen LogP contribution in [-0.4, -0.2) is 14.8 Å². The van der Waals surface area contributed by atoms with Crippen LogP contribution in [0.25, 0.3) is 0 Å². The smallest absolute Gasteiger partial charge is 0.164 e. The van der Waals surface area contributed by atoms with E-state index in [1.807, 2.05) is 19.2 Å². The molecule has 0 radical (unpaired) electrons. The molecule has 0 spiro atoms. The first-order valence-corrected chi connectivity index (χ1v) is 6.56. The summed E-state index contributed by atoms with van der Waals surface area (Å²) in [4.78, 5) is 4.20. The molecule has 1 saturated carbocycles. The van der Waals surface area contributed by atoms with Crippen LogP contribution in [0.5, 0.6) is 0 Å². The molecular formula is C14H17FN4. The van der Waals surface area contributed by atoms with Gasteiger partial charge in [0, 0.05) is 13.1 Å². The molecule has 1 atom stereocenters. The highest BCUT2D eigenvalue weighted by molar-refractivity contribution is 5.22. The van der Waals surface area contributed by atoms with Gasteiger partial charge in [-0.3, -0.25) is 4.68 Å². The van der Waals surface area contributed by atoms with Crippen molar-refractivity contribution >= 4 is 0 Å². The van der Waals surface area contributed by atoms with Gasteiger partial charge in [0.25, 0.3) is 0 Å². The van der Waals surface area contributed by atoms with Crippen molar-refractivity contribution in [1.29, 1.82) is 0 Å². The number of benzene rings is 1. The van der Waals surface area contributed by atoms with Crippen molar-refractivity contribution in [3.8, 4) is 0 Å². The molecule has 0 saturated heterocycles. The molecule has 0 amide bonds. The Bertz CT molecular complexity index is 545. The van der Waals surface area contributed by atoms with Gasteiger partial charge in [-0.25, -0.2) is 9.37 Å². The minimum atomic E-state index is -0.190. The quantitative estimate of drug-likeness (QED) is 0.896. The van der Waals surface area contributed by atoms with Crippen molar-refractivity contribution in [2.75, 3.05) is 0 Å². The number of nitrogens with zero attached hydrogens (tertiary/aromatic N) is 3. The zero-order valence-corrected chi connectivity index (χ0v) is 10.9. The van der Waals surface area contributed by atoms with Gasteiger partial charge in [-0.2, -0.15) is 5.10 Å². The first-order valence-electron chi connectivity index (χ1n) is 6.56. The third kappa shape index (κ3) is 2.98. The highest BCUT2D eigenvalue weighted by Gasteiger charge is 2.32. The van der Waals surface area contributed by atoms with E-state index in [9.17, 15) is 4.39 Å². The molecule has 1 aromatic carbocycles. The first-order chi connectivity index (χ1) is 9.22. The minimum absolute atomic E-state index is 0.190. The zero-order valence-electron chi connectivity index (χ0n) is 10.9. The second-order valence-electron chi connectivity index (χ2n) is 5.08. The standard InChI is InChI=1S/C14H17FN4/c1-19-9-17-13(18-19)8-16-14(10-2-3-10)11-4-6-12(15)7-5-11/h4-7,9-10,14,16H,2-3,8H2,1H3. The molecule has 1 aliphatic carbocycles. The normalized spacial score (nSPS) is 16.5. The molecular weight excluding hydrogens is 243 g/mol. The molecule has 3 rings (SSSR count). The van der Waals surface area contributed by atoms with Crippen molar-refractivity contribution in [2.45, 2.75) is 25.4 Å². The van der Waals surface area contributed by atoms with Crippen LogP contribution >= 0.6 is 0 Å². The van der Waals surface area contributed by atoms with Gasteiger partial charge in [0.2, 0.25) is 0 Å². The summed E-state index contributed by atoms with van der Waals surface area (Å²) in [5, 5.41) is 7.74. The van der Waals surface area contributed by atoms with Crippen LogP contribution in [-0.2, 0) is 13.6 Å². The number of nitrogens with one attached hydrogen (secondary N) is 1. The van der Waals surface area contributed by atoms with Gasteiger partial charge < -0.3 is 5.32 Å². The lowest BCUT2D eigenvalue weighted by Gasteiger charge is -2.17. The van der Waals surface area contributed by atoms with E-state index in [2.05, 4.69) is 15.4 Å². The first kappa shape index (κ1) is 12.3. The number of hydrogen-bond donors (Lipinski definition) is 1. The largest absolute Gasteiger partial charge is 0.303 e. The molecule has 100 valence electrons. The van der Waals surface area contributed by atoms with E-state index in [-0.39, 0.29) is 11.9 Å². The second-order valence-corrected chi connectivity index (χ2v) is 5.08. The second kappa shape index (κ2) is 5.09. The third-order valence-corrected chi connectivity index (χ3v) is 3.45. The summed E-state index contributed by atoms with van der Waals surface area (Å²) in [6.07, 6.45) is 4.15. The molecule has 2 aromatic rings. The van der Waals surface area contributed by atoms with E-state index in [1.54, 1.807) is 11.0 Å². The third-order valence-electron chi connectivity index (χ3n) is 3.45. The van der Waals surface area contributed by atoms with Gasteiger partial charge in [0.15, 0.2) is 5.82 Å². The van der Waals surface area contributed by atoms with Crippen LogP contribution in [0.3, 0.4) is 0 Å². The van der Waals surface area contributed by atoms with E-state index in [4.69, 9.17) is 0 Å². The van der Waals surface area contributed by atoms with Gasteiger partial charge in [-0.1, -0.05) is 12.1 Å². The fourth-order valence-electron chi connectivity index (χ4n) is 2.32. The highest BCUT2D eigenvalue weighted by atomic mass is 19.1. The maximum atomic E-state index is 13.0. The van der Waals surface area contributed by atoms with Crippen molar-refractivity contribution in [3.63, 3.8) is 0 Å². The molecule has 0 aliphatic heterocycles. The summed E-state index contributed by atoms with van der Waals surface area (Å²) in [6, 6.07) is 7.02. The monoisotopic (exact) mass is 260 g/mol. The maximum absolute atomic E-state index is 13.0. The molecule has 1 N–H and O–H groups in total. The Morgan fingerprint density at radius 2 is 2.11 bits per heavy atom. The molecule has 1 aromatic heterocycles. The lowest BCUT2D eigenvalue weighted by atomic mass is 10.0. The summed E-state index contributed by atoms with van der Waals surface area (Å²) in [5.74, 6) is 1.24. The summed E-state index contributed by atoms with van der Waals surface area (Å²) >= 11 is 0. The van der Waals surface area contributed by atoms with Crippen LogP contribution in [0, 0.1) is 11.7 Å². The fourth-order valence-corrected chi connectivity index (χ4v) is 2.32. The van der Waals surface area contributed by atoms with Crippen LogP contribution < -0.4 is 5.32 Å². The Morgan fingerprint density at radius 1 is 1.37 bits per heavy atom. The Morgan fingerprint density at radius 3 is 2.68 bits per heavy atom. The minimum Gasteiger partial charge on any atom is -0.303 e. The Labute approximate surface area is 111 Å². The average molecular weight is 260 g/mol.